The molecule has 0 amide bonds. The molecule has 1 aliphatic heterocycles. The molecule has 0 bridgehead atoms. The molecule has 0 saturated heterocycles. The van der Waals surface area contributed by atoms with Crippen molar-refractivity contribution in [2.45, 2.75) is 23.8 Å². The molecule has 4 aromatic rings. The maximum atomic E-state index is 13.6. The number of oxazole rings is 1. The molecular weight excluding hydrogens is 440 g/mol. The lowest BCUT2D eigenvalue weighted by atomic mass is 10.1. The number of nitrogens with one attached hydrogen (secondary N) is 1. The van der Waals surface area contributed by atoms with E-state index in [0.717, 1.165) is 11.1 Å². The number of rotatable bonds is 5. The highest BCUT2D eigenvalue weighted by Crippen LogP contribution is 2.38. The molecule has 8 heteroatoms. The lowest BCUT2D eigenvalue weighted by molar-refractivity contribution is 0.171. The van der Waals surface area contributed by atoms with Crippen molar-refractivity contribution in [1.29, 1.82) is 0 Å². The van der Waals surface area contributed by atoms with Crippen molar-refractivity contribution in [1.82, 2.24) is 4.98 Å². The van der Waals surface area contributed by atoms with Crippen LogP contribution >= 0.6 is 0 Å². The van der Waals surface area contributed by atoms with Crippen molar-refractivity contribution in [3.63, 3.8) is 0 Å². The Bertz CT molecular complexity index is 1430. The van der Waals surface area contributed by atoms with E-state index in [1.165, 1.54) is 12.1 Å². The molecule has 0 saturated carbocycles. The second kappa shape index (κ2) is 8.29. The van der Waals surface area contributed by atoms with E-state index in [-0.39, 0.29) is 21.7 Å². The molecule has 0 spiro atoms. The number of hydrogen-bond donors (Lipinski definition) is 1. The number of anilines is 2. The molecular formula is C25H22N2O5S. The number of sulfone groups is 1. The van der Waals surface area contributed by atoms with Gasteiger partial charge in [-0.1, -0.05) is 29.8 Å². The van der Waals surface area contributed by atoms with E-state index >= 15 is 0 Å². The Labute approximate surface area is 191 Å². The SMILES string of the molecule is Cc1ccc(-c2nc(S(=O)(=O)c3ccc4c(c3)OCCO4)c(Nc3cccc(C)c3)o2)cc1. The minimum atomic E-state index is -4.03. The molecule has 1 aliphatic rings. The van der Waals surface area contributed by atoms with Gasteiger partial charge in [-0.15, -0.1) is 0 Å². The summed E-state index contributed by atoms with van der Waals surface area (Å²) in [5, 5.41) is 2.89. The fourth-order valence-electron chi connectivity index (χ4n) is 3.54. The maximum Gasteiger partial charge on any atom is 0.238 e. The number of fused-ring (bicyclic) bond motifs is 1. The average molecular weight is 463 g/mol. The predicted molar refractivity (Wildman–Crippen MR) is 124 cm³/mol. The molecule has 5 rings (SSSR count). The topological polar surface area (TPSA) is 90.7 Å². The predicted octanol–water partition coefficient (Wildman–Crippen LogP) is 5.31. The first-order valence-electron chi connectivity index (χ1n) is 10.5. The molecule has 0 aliphatic carbocycles. The van der Waals surface area contributed by atoms with Crippen LogP contribution in [0.3, 0.4) is 0 Å². The first-order chi connectivity index (χ1) is 15.9. The monoisotopic (exact) mass is 462 g/mol. The molecule has 1 N–H and O–H groups in total. The van der Waals surface area contributed by atoms with Crippen molar-refractivity contribution >= 4 is 21.4 Å². The smallest absolute Gasteiger partial charge is 0.238 e. The summed E-state index contributed by atoms with van der Waals surface area (Å²) in [6.07, 6.45) is 0. The van der Waals surface area contributed by atoms with Crippen LogP contribution in [-0.4, -0.2) is 26.6 Å². The van der Waals surface area contributed by atoms with Gasteiger partial charge in [0.1, 0.15) is 13.2 Å². The van der Waals surface area contributed by atoms with E-state index in [9.17, 15) is 8.42 Å². The van der Waals surface area contributed by atoms with E-state index in [1.54, 1.807) is 6.07 Å². The highest BCUT2D eigenvalue weighted by molar-refractivity contribution is 7.91. The van der Waals surface area contributed by atoms with Gasteiger partial charge in [0.2, 0.25) is 26.6 Å². The highest BCUT2D eigenvalue weighted by Gasteiger charge is 2.30. The molecule has 7 nitrogen and oxygen atoms in total. The van der Waals surface area contributed by atoms with Gasteiger partial charge in [0.25, 0.3) is 0 Å². The maximum absolute atomic E-state index is 13.6. The van der Waals surface area contributed by atoms with Crippen LogP contribution in [0.25, 0.3) is 11.5 Å². The Morgan fingerprint density at radius 3 is 2.36 bits per heavy atom. The van der Waals surface area contributed by atoms with Crippen LogP contribution in [0.1, 0.15) is 11.1 Å². The molecule has 0 unspecified atom stereocenters. The zero-order valence-electron chi connectivity index (χ0n) is 18.2. The van der Waals surface area contributed by atoms with Crippen LogP contribution in [0.2, 0.25) is 0 Å². The van der Waals surface area contributed by atoms with Crippen LogP contribution in [0, 0.1) is 13.8 Å². The second-order valence-electron chi connectivity index (χ2n) is 7.82. The van der Waals surface area contributed by atoms with E-state index in [0.29, 0.717) is 36.0 Å². The van der Waals surface area contributed by atoms with Crippen molar-refractivity contribution < 1.29 is 22.3 Å². The quantitative estimate of drug-likeness (QED) is 0.430. The third kappa shape index (κ3) is 4.17. The average Bonchev–Trinajstić information content (AvgIpc) is 3.24. The number of nitrogens with zero attached hydrogens (tertiary/aromatic N) is 1. The van der Waals surface area contributed by atoms with Gasteiger partial charge in [0, 0.05) is 17.3 Å². The Morgan fingerprint density at radius 2 is 1.61 bits per heavy atom. The van der Waals surface area contributed by atoms with Gasteiger partial charge in [-0.05, 0) is 55.8 Å². The molecule has 0 atom stereocenters. The second-order valence-corrected chi connectivity index (χ2v) is 9.69. The number of ether oxygens (including phenoxy) is 2. The summed E-state index contributed by atoms with van der Waals surface area (Å²) in [5.74, 6) is 1.16. The fraction of sp³-hybridized carbons (Fsp3) is 0.160. The van der Waals surface area contributed by atoms with Crippen LogP contribution in [0.5, 0.6) is 11.5 Å². The van der Waals surface area contributed by atoms with Gasteiger partial charge < -0.3 is 19.2 Å². The lowest BCUT2D eigenvalue weighted by Gasteiger charge is -2.18. The minimum absolute atomic E-state index is 0.0443. The molecule has 0 radical (unpaired) electrons. The number of aromatic nitrogens is 1. The molecule has 168 valence electrons. The Hall–Kier alpha value is -3.78. The summed E-state index contributed by atoms with van der Waals surface area (Å²) in [4.78, 5) is 4.44. The Morgan fingerprint density at radius 1 is 0.848 bits per heavy atom. The summed E-state index contributed by atoms with van der Waals surface area (Å²) in [5.41, 5.74) is 3.47. The van der Waals surface area contributed by atoms with Crippen molar-refractivity contribution in [3.8, 4) is 23.0 Å². The third-order valence-corrected chi connectivity index (χ3v) is 6.91. The minimum Gasteiger partial charge on any atom is -0.486 e. The van der Waals surface area contributed by atoms with E-state index in [2.05, 4.69) is 10.3 Å². The molecule has 3 aromatic carbocycles. The van der Waals surface area contributed by atoms with Crippen LogP contribution in [-0.2, 0) is 9.84 Å². The first kappa shape index (κ1) is 21.1. The standard InChI is InChI=1S/C25H22N2O5S/c1-16-6-8-18(9-7-16)23-27-25(24(32-23)26-19-5-3-4-17(2)14-19)33(28,29)20-10-11-21-22(15-20)31-13-12-30-21/h3-11,14-15,26H,12-13H2,1-2H3. The first-order valence-corrected chi connectivity index (χ1v) is 11.9. The van der Waals surface area contributed by atoms with Gasteiger partial charge in [0.15, 0.2) is 11.5 Å². The zero-order chi connectivity index (χ0) is 23.0. The summed E-state index contributed by atoms with van der Waals surface area (Å²) >= 11 is 0. The Balaban J connectivity index is 1.61. The van der Waals surface area contributed by atoms with Crippen LogP contribution in [0.4, 0.5) is 11.6 Å². The number of benzene rings is 3. The third-order valence-electron chi connectivity index (χ3n) is 5.25. The molecule has 0 fully saturated rings. The number of hydrogen-bond acceptors (Lipinski definition) is 7. The summed E-state index contributed by atoms with van der Waals surface area (Å²) in [7, 11) is -4.03. The van der Waals surface area contributed by atoms with Gasteiger partial charge in [-0.25, -0.2) is 8.42 Å². The van der Waals surface area contributed by atoms with E-state index in [1.807, 2.05) is 62.4 Å². The Kier molecular flexibility index (Phi) is 5.30. The lowest BCUT2D eigenvalue weighted by Crippen LogP contribution is -2.16. The largest absolute Gasteiger partial charge is 0.486 e. The molecule has 2 heterocycles. The van der Waals surface area contributed by atoms with Crippen molar-refractivity contribution in [2.75, 3.05) is 18.5 Å². The van der Waals surface area contributed by atoms with Crippen molar-refractivity contribution in [2.24, 2.45) is 0 Å². The fourth-order valence-corrected chi connectivity index (χ4v) is 4.82. The van der Waals surface area contributed by atoms with E-state index < -0.39 is 9.84 Å². The zero-order valence-corrected chi connectivity index (χ0v) is 19.0. The van der Waals surface area contributed by atoms with Crippen LogP contribution < -0.4 is 14.8 Å². The van der Waals surface area contributed by atoms with Crippen LogP contribution in [0.15, 0.2) is 81.1 Å². The molecule has 1 aromatic heterocycles. The highest BCUT2D eigenvalue weighted by atomic mass is 32.2. The van der Waals surface area contributed by atoms with Crippen molar-refractivity contribution in [3.05, 3.63) is 77.9 Å². The molecule has 33 heavy (non-hydrogen) atoms. The summed E-state index contributed by atoms with van der Waals surface area (Å²) in [6, 6.07) is 19.6. The summed E-state index contributed by atoms with van der Waals surface area (Å²) in [6.45, 7) is 4.71. The van der Waals surface area contributed by atoms with Gasteiger partial charge in [-0.2, -0.15) is 4.98 Å². The van der Waals surface area contributed by atoms with Gasteiger partial charge in [0.05, 0.1) is 4.90 Å². The van der Waals surface area contributed by atoms with E-state index in [4.69, 9.17) is 13.9 Å². The summed E-state index contributed by atoms with van der Waals surface area (Å²) < 4.78 is 44.3. The number of aryl methyl sites for hydroxylation is 2. The van der Waals surface area contributed by atoms with Gasteiger partial charge in [-0.3, -0.25) is 0 Å². The normalized spacial score (nSPS) is 13.0. The van der Waals surface area contributed by atoms with Gasteiger partial charge >= 0.3 is 0 Å².